The average molecular weight is 366 g/mol. The van der Waals surface area contributed by atoms with E-state index in [1.165, 1.54) is 0 Å². The molecule has 0 heterocycles. The van der Waals surface area contributed by atoms with E-state index in [0.717, 1.165) is 12.8 Å². The summed E-state index contributed by atoms with van der Waals surface area (Å²) in [6.45, 7) is 8.76. The monoisotopic (exact) mass is 364 g/mol. The van der Waals surface area contributed by atoms with Gasteiger partial charge in [-0.05, 0) is 46.2 Å². The Bertz CT molecular complexity index is 460. The third-order valence-corrected chi connectivity index (χ3v) is 4.50. The fourth-order valence-electron chi connectivity index (χ4n) is 2.63. The van der Waals surface area contributed by atoms with Crippen molar-refractivity contribution in [3.63, 3.8) is 0 Å². The molecule has 1 aromatic rings. The maximum Gasteiger partial charge on any atom is 0.147 e. The van der Waals surface area contributed by atoms with Gasteiger partial charge in [0.2, 0.25) is 0 Å². The highest BCUT2D eigenvalue weighted by molar-refractivity contribution is 9.10. The van der Waals surface area contributed by atoms with Crippen LogP contribution in [-0.2, 0) is 0 Å². The molecule has 0 saturated carbocycles. The molecular formula is C15H23BrClFN2. The summed E-state index contributed by atoms with van der Waals surface area (Å²) in [5.41, 5.74) is 3.47. The molecule has 114 valence electrons. The quantitative estimate of drug-likeness (QED) is 0.427. The minimum atomic E-state index is -0.410. The van der Waals surface area contributed by atoms with Gasteiger partial charge in [0.25, 0.3) is 0 Å². The van der Waals surface area contributed by atoms with E-state index in [9.17, 15) is 4.39 Å². The summed E-state index contributed by atoms with van der Waals surface area (Å²) < 4.78 is 14.8. The Hall–Kier alpha value is -0.160. The first-order valence-corrected chi connectivity index (χ1v) is 7.92. The van der Waals surface area contributed by atoms with Gasteiger partial charge in [-0.15, -0.1) is 0 Å². The molecule has 2 unspecified atom stereocenters. The molecule has 20 heavy (non-hydrogen) atoms. The molecule has 0 radical (unpaired) electrons. The first kappa shape index (κ1) is 17.9. The Morgan fingerprint density at radius 3 is 2.50 bits per heavy atom. The zero-order valence-corrected chi connectivity index (χ0v) is 14.8. The van der Waals surface area contributed by atoms with E-state index in [1.807, 2.05) is 0 Å². The maximum atomic E-state index is 14.2. The van der Waals surface area contributed by atoms with Crippen LogP contribution >= 0.6 is 27.5 Å². The highest BCUT2D eigenvalue weighted by Gasteiger charge is 2.23. The number of hydrogen-bond donors (Lipinski definition) is 2. The summed E-state index contributed by atoms with van der Waals surface area (Å²) in [5, 5.41) is 0.103. The van der Waals surface area contributed by atoms with E-state index in [4.69, 9.17) is 17.4 Å². The highest BCUT2D eigenvalue weighted by Crippen LogP contribution is 2.34. The molecule has 0 saturated heterocycles. The van der Waals surface area contributed by atoms with Gasteiger partial charge in [0.15, 0.2) is 0 Å². The normalized spacial score (nSPS) is 15.2. The van der Waals surface area contributed by atoms with Gasteiger partial charge in [0.1, 0.15) is 5.82 Å². The number of halogens is 3. The summed E-state index contributed by atoms with van der Waals surface area (Å²) in [6, 6.07) is 3.23. The molecule has 0 amide bonds. The molecule has 0 spiro atoms. The Balaban J connectivity index is 2.89. The first-order valence-electron chi connectivity index (χ1n) is 6.75. The number of nitrogens with two attached hydrogens (primary N) is 1. The predicted octanol–water partition coefficient (Wildman–Crippen LogP) is 5.21. The summed E-state index contributed by atoms with van der Waals surface area (Å²) in [7, 11) is 0. The molecule has 1 rings (SSSR count). The first-order chi connectivity index (χ1) is 9.15. The second kappa shape index (κ2) is 7.21. The third-order valence-electron chi connectivity index (χ3n) is 3.24. The fourth-order valence-corrected chi connectivity index (χ4v) is 3.10. The van der Waals surface area contributed by atoms with Crippen LogP contribution < -0.4 is 11.3 Å². The van der Waals surface area contributed by atoms with E-state index >= 15 is 0 Å². The lowest BCUT2D eigenvalue weighted by Gasteiger charge is -2.27. The van der Waals surface area contributed by atoms with Crippen LogP contribution in [0.2, 0.25) is 5.02 Å². The molecule has 2 atom stereocenters. The van der Waals surface area contributed by atoms with Crippen molar-refractivity contribution >= 4 is 27.5 Å². The smallest absolute Gasteiger partial charge is 0.147 e. The zero-order chi connectivity index (χ0) is 15.5. The van der Waals surface area contributed by atoms with E-state index in [1.54, 1.807) is 12.1 Å². The lowest BCUT2D eigenvalue weighted by molar-refractivity contribution is 0.274. The summed E-state index contributed by atoms with van der Waals surface area (Å²) in [6.07, 6.45) is 1.82. The lowest BCUT2D eigenvalue weighted by atomic mass is 9.82. The van der Waals surface area contributed by atoms with E-state index < -0.39 is 5.82 Å². The van der Waals surface area contributed by atoms with Gasteiger partial charge in [-0.3, -0.25) is 11.3 Å². The molecule has 0 aliphatic heterocycles. The summed E-state index contributed by atoms with van der Waals surface area (Å²) >= 11 is 9.15. The topological polar surface area (TPSA) is 38.0 Å². The molecule has 0 aromatic heterocycles. The Morgan fingerprint density at radius 1 is 1.40 bits per heavy atom. The van der Waals surface area contributed by atoms with Crippen molar-refractivity contribution < 1.29 is 4.39 Å². The average Bonchev–Trinajstić information content (AvgIpc) is 2.32. The second-order valence-electron chi connectivity index (χ2n) is 6.59. The lowest BCUT2D eigenvalue weighted by Crippen LogP contribution is -2.30. The van der Waals surface area contributed by atoms with Crippen molar-refractivity contribution in [1.82, 2.24) is 5.43 Å². The molecular weight excluding hydrogens is 343 g/mol. The summed E-state index contributed by atoms with van der Waals surface area (Å²) in [5.74, 6) is 5.62. The molecule has 1 aromatic carbocycles. The van der Waals surface area contributed by atoms with Crippen LogP contribution in [0.4, 0.5) is 4.39 Å². The number of nitrogens with one attached hydrogen (secondary N) is 1. The van der Waals surface area contributed by atoms with Crippen molar-refractivity contribution in [3.8, 4) is 0 Å². The largest absolute Gasteiger partial charge is 0.271 e. The van der Waals surface area contributed by atoms with E-state index in [2.05, 4.69) is 49.1 Å². The van der Waals surface area contributed by atoms with Gasteiger partial charge in [-0.25, -0.2) is 4.39 Å². The SMILES string of the molecule is CC(CC(NN)c1ccc(Br)c(Cl)c1F)CC(C)(C)C. The number of hydrazine groups is 1. The van der Waals surface area contributed by atoms with Gasteiger partial charge in [0, 0.05) is 16.1 Å². The number of benzene rings is 1. The van der Waals surface area contributed by atoms with Crippen LogP contribution in [0.1, 0.15) is 52.1 Å². The van der Waals surface area contributed by atoms with Crippen molar-refractivity contribution in [2.45, 2.75) is 46.6 Å². The molecule has 0 aliphatic rings. The summed E-state index contributed by atoms with van der Waals surface area (Å²) in [4.78, 5) is 0. The molecule has 0 aliphatic carbocycles. The molecule has 0 fully saturated rings. The van der Waals surface area contributed by atoms with Gasteiger partial charge in [-0.1, -0.05) is 45.4 Å². The number of hydrogen-bond acceptors (Lipinski definition) is 2. The minimum Gasteiger partial charge on any atom is -0.271 e. The van der Waals surface area contributed by atoms with Crippen LogP contribution in [0.15, 0.2) is 16.6 Å². The Labute approximate surface area is 134 Å². The minimum absolute atomic E-state index is 0.103. The van der Waals surface area contributed by atoms with Crippen LogP contribution in [0.5, 0.6) is 0 Å². The second-order valence-corrected chi connectivity index (χ2v) is 7.82. The van der Waals surface area contributed by atoms with Gasteiger partial charge >= 0.3 is 0 Å². The maximum absolute atomic E-state index is 14.2. The van der Waals surface area contributed by atoms with Gasteiger partial charge in [-0.2, -0.15) is 0 Å². The van der Waals surface area contributed by atoms with Crippen molar-refractivity contribution in [2.24, 2.45) is 17.2 Å². The van der Waals surface area contributed by atoms with Crippen LogP contribution in [0.3, 0.4) is 0 Å². The molecule has 0 bridgehead atoms. The Morgan fingerprint density at radius 2 is 2.00 bits per heavy atom. The van der Waals surface area contributed by atoms with Gasteiger partial charge in [0.05, 0.1) is 5.02 Å². The van der Waals surface area contributed by atoms with E-state index in [0.29, 0.717) is 16.0 Å². The van der Waals surface area contributed by atoms with Crippen molar-refractivity contribution in [2.75, 3.05) is 0 Å². The van der Waals surface area contributed by atoms with Crippen LogP contribution in [0.25, 0.3) is 0 Å². The standard InChI is InChI=1S/C15H23BrClFN2/c1-9(8-15(2,3)4)7-12(20-19)10-5-6-11(16)13(17)14(10)18/h5-6,9,12,20H,7-8,19H2,1-4H3. The number of rotatable bonds is 5. The van der Waals surface area contributed by atoms with E-state index in [-0.39, 0.29) is 16.5 Å². The van der Waals surface area contributed by atoms with Crippen molar-refractivity contribution in [3.05, 3.63) is 33.0 Å². The fraction of sp³-hybridized carbons (Fsp3) is 0.600. The molecule has 2 nitrogen and oxygen atoms in total. The zero-order valence-electron chi connectivity index (χ0n) is 12.4. The van der Waals surface area contributed by atoms with Crippen LogP contribution in [0, 0.1) is 17.2 Å². The molecule has 3 N–H and O–H groups in total. The third kappa shape index (κ3) is 4.99. The predicted molar refractivity (Wildman–Crippen MR) is 87.0 cm³/mol. The van der Waals surface area contributed by atoms with Crippen LogP contribution in [-0.4, -0.2) is 0 Å². The molecule has 5 heteroatoms. The highest BCUT2D eigenvalue weighted by atomic mass is 79.9. The van der Waals surface area contributed by atoms with Gasteiger partial charge < -0.3 is 0 Å². The van der Waals surface area contributed by atoms with Crippen molar-refractivity contribution in [1.29, 1.82) is 0 Å². The Kier molecular flexibility index (Phi) is 6.45.